The van der Waals surface area contributed by atoms with Crippen LogP contribution in [0.5, 0.6) is 0 Å². The molecule has 4 heteroatoms. The number of nitrogens with zero attached hydrogens (tertiary/aromatic N) is 2. The molecule has 2 aromatic rings. The Hall–Kier alpha value is -2.10. The van der Waals surface area contributed by atoms with Crippen LogP contribution in [-0.2, 0) is 0 Å². The highest BCUT2D eigenvalue weighted by Gasteiger charge is 2.01. The van der Waals surface area contributed by atoms with Crippen LogP contribution in [0.2, 0.25) is 0 Å². The van der Waals surface area contributed by atoms with Crippen molar-refractivity contribution in [2.24, 2.45) is 0 Å². The summed E-state index contributed by atoms with van der Waals surface area (Å²) in [4.78, 5) is 11.5. The lowest BCUT2D eigenvalue weighted by molar-refractivity contribution is 0.807. The second-order valence-corrected chi connectivity index (χ2v) is 3.31. The van der Waals surface area contributed by atoms with E-state index in [2.05, 4.69) is 5.10 Å². The minimum atomic E-state index is -0.166. The van der Waals surface area contributed by atoms with Gasteiger partial charge in [0.2, 0.25) is 0 Å². The molecule has 4 nitrogen and oxygen atoms in total. The Bertz CT molecular complexity index is 546. The molecule has 1 heterocycles. The molecule has 0 saturated heterocycles. The third-order valence-corrected chi connectivity index (χ3v) is 2.22. The van der Waals surface area contributed by atoms with Gasteiger partial charge in [0.15, 0.2) is 0 Å². The average Bonchev–Trinajstić information content (AvgIpc) is 2.23. The van der Waals surface area contributed by atoms with E-state index in [1.807, 2.05) is 19.1 Å². The van der Waals surface area contributed by atoms with E-state index in [1.54, 1.807) is 18.3 Å². The van der Waals surface area contributed by atoms with E-state index in [-0.39, 0.29) is 5.56 Å². The maximum atomic E-state index is 11.5. The predicted molar refractivity (Wildman–Crippen MR) is 59.0 cm³/mol. The first-order chi connectivity index (χ1) is 7.18. The third-order valence-electron chi connectivity index (χ3n) is 2.22. The SMILES string of the molecule is Cc1ccc(-n2ncccc2=O)cc1N. The number of rotatable bonds is 1. The Labute approximate surface area is 87.0 Å². The molecule has 0 unspecified atom stereocenters. The van der Waals surface area contributed by atoms with Crippen LogP contribution in [0.25, 0.3) is 5.69 Å². The van der Waals surface area contributed by atoms with Gasteiger partial charge in [-0.25, -0.2) is 0 Å². The summed E-state index contributed by atoms with van der Waals surface area (Å²) in [6.07, 6.45) is 1.57. The Morgan fingerprint density at radius 3 is 2.80 bits per heavy atom. The predicted octanol–water partition coefficient (Wildman–Crippen LogP) is 1.12. The van der Waals surface area contributed by atoms with Crippen molar-refractivity contribution in [3.8, 4) is 5.69 Å². The smallest absolute Gasteiger partial charge is 0.271 e. The lowest BCUT2D eigenvalue weighted by Gasteiger charge is -2.05. The number of aromatic nitrogens is 2. The first kappa shape index (κ1) is 9.45. The molecule has 0 aliphatic heterocycles. The van der Waals surface area contributed by atoms with Gasteiger partial charge in [0.05, 0.1) is 5.69 Å². The molecule has 76 valence electrons. The molecule has 0 saturated carbocycles. The molecule has 0 bridgehead atoms. The minimum absolute atomic E-state index is 0.166. The largest absolute Gasteiger partial charge is 0.398 e. The van der Waals surface area contributed by atoms with Gasteiger partial charge in [-0.1, -0.05) is 6.07 Å². The van der Waals surface area contributed by atoms with E-state index in [0.29, 0.717) is 11.4 Å². The minimum Gasteiger partial charge on any atom is -0.398 e. The van der Waals surface area contributed by atoms with Crippen LogP contribution >= 0.6 is 0 Å². The quantitative estimate of drug-likeness (QED) is 0.703. The maximum Gasteiger partial charge on any atom is 0.271 e. The maximum absolute atomic E-state index is 11.5. The number of hydrogen-bond donors (Lipinski definition) is 1. The van der Waals surface area contributed by atoms with Gasteiger partial charge in [0, 0.05) is 18.0 Å². The third kappa shape index (κ3) is 1.74. The van der Waals surface area contributed by atoms with Gasteiger partial charge < -0.3 is 5.73 Å². The zero-order valence-corrected chi connectivity index (χ0v) is 8.34. The fourth-order valence-electron chi connectivity index (χ4n) is 1.31. The van der Waals surface area contributed by atoms with Gasteiger partial charge in [-0.3, -0.25) is 4.79 Å². The molecule has 15 heavy (non-hydrogen) atoms. The zero-order valence-electron chi connectivity index (χ0n) is 8.34. The normalized spacial score (nSPS) is 10.2. The summed E-state index contributed by atoms with van der Waals surface area (Å²) in [5.74, 6) is 0. The van der Waals surface area contributed by atoms with E-state index in [9.17, 15) is 4.79 Å². The van der Waals surface area contributed by atoms with Crippen molar-refractivity contribution >= 4 is 5.69 Å². The highest BCUT2D eigenvalue weighted by molar-refractivity contribution is 5.52. The highest BCUT2D eigenvalue weighted by atomic mass is 16.1. The molecule has 1 aromatic heterocycles. The molecule has 0 aliphatic carbocycles. The van der Waals surface area contributed by atoms with Crippen molar-refractivity contribution in [1.29, 1.82) is 0 Å². The second-order valence-electron chi connectivity index (χ2n) is 3.31. The number of nitrogens with two attached hydrogens (primary N) is 1. The summed E-state index contributed by atoms with van der Waals surface area (Å²) >= 11 is 0. The number of benzene rings is 1. The Morgan fingerprint density at radius 1 is 1.33 bits per heavy atom. The topological polar surface area (TPSA) is 60.9 Å². The Balaban J connectivity index is 2.60. The standard InChI is InChI=1S/C11H11N3O/c1-8-4-5-9(7-10(8)12)14-11(15)3-2-6-13-14/h2-7H,12H2,1H3. The van der Waals surface area contributed by atoms with Gasteiger partial charge >= 0.3 is 0 Å². The van der Waals surface area contributed by atoms with Gasteiger partial charge in [-0.05, 0) is 30.7 Å². The van der Waals surface area contributed by atoms with Crippen molar-refractivity contribution < 1.29 is 0 Å². The van der Waals surface area contributed by atoms with Crippen LogP contribution in [0.15, 0.2) is 41.3 Å². The van der Waals surface area contributed by atoms with E-state index >= 15 is 0 Å². The van der Waals surface area contributed by atoms with Crippen LogP contribution < -0.4 is 11.3 Å². The molecule has 0 fully saturated rings. The van der Waals surface area contributed by atoms with Crippen LogP contribution in [0.4, 0.5) is 5.69 Å². The number of anilines is 1. The summed E-state index contributed by atoms with van der Waals surface area (Å²) in [5.41, 5.74) is 7.93. The van der Waals surface area contributed by atoms with Crippen molar-refractivity contribution in [3.05, 3.63) is 52.4 Å². The Kier molecular flexibility index (Phi) is 2.25. The van der Waals surface area contributed by atoms with Crippen molar-refractivity contribution in [3.63, 3.8) is 0 Å². The Morgan fingerprint density at radius 2 is 2.13 bits per heavy atom. The number of aryl methyl sites for hydroxylation is 1. The summed E-state index contributed by atoms with van der Waals surface area (Å²) in [6.45, 7) is 1.92. The molecule has 0 radical (unpaired) electrons. The monoisotopic (exact) mass is 201 g/mol. The summed E-state index contributed by atoms with van der Waals surface area (Å²) in [5, 5.41) is 3.97. The van der Waals surface area contributed by atoms with Crippen LogP contribution in [0, 0.1) is 6.92 Å². The van der Waals surface area contributed by atoms with Crippen LogP contribution in [0.1, 0.15) is 5.56 Å². The first-order valence-corrected chi connectivity index (χ1v) is 4.59. The van der Waals surface area contributed by atoms with Crippen molar-refractivity contribution in [1.82, 2.24) is 9.78 Å². The molecular formula is C11H11N3O. The fraction of sp³-hybridized carbons (Fsp3) is 0.0909. The highest BCUT2D eigenvalue weighted by Crippen LogP contribution is 2.14. The molecule has 0 atom stereocenters. The first-order valence-electron chi connectivity index (χ1n) is 4.59. The van der Waals surface area contributed by atoms with Gasteiger partial charge in [0.25, 0.3) is 5.56 Å². The molecular weight excluding hydrogens is 190 g/mol. The van der Waals surface area contributed by atoms with E-state index in [0.717, 1.165) is 5.56 Å². The van der Waals surface area contributed by atoms with E-state index in [1.165, 1.54) is 10.7 Å². The molecule has 0 aliphatic rings. The van der Waals surface area contributed by atoms with E-state index in [4.69, 9.17) is 5.73 Å². The van der Waals surface area contributed by atoms with Gasteiger partial charge in [-0.2, -0.15) is 9.78 Å². The van der Waals surface area contributed by atoms with Gasteiger partial charge in [-0.15, -0.1) is 0 Å². The molecule has 1 aromatic carbocycles. The molecule has 2 rings (SSSR count). The summed E-state index contributed by atoms with van der Waals surface area (Å²) in [6, 6.07) is 8.50. The summed E-state index contributed by atoms with van der Waals surface area (Å²) < 4.78 is 1.32. The summed E-state index contributed by atoms with van der Waals surface area (Å²) in [7, 11) is 0. The van der Waals surface area contributed by atoms with E-state index < -0.39 is 0 Å². The molecule has 2 N–H and O–H groups in total. The average molecular weight is 201 g/mol. The molecule has 0 spiro atoms. The lowest BCUT2D eigenvalue weighted by Crippen LogP contribution is -2.19. The van der Waals surface area contributed by atoms with Crippen LogP contribution in [0.3, 0.4) is 0 Å². The number of nitrogen functional groups attached to an aromatic ring is 1. The second kappa shape index (κ2) is 3.57. The van der Waals surface area contributed by atoms with Gasteiger partial charge in [0.1, 0.15) is 0 Å². The lowest BCUT2D eigenvalue weighted by atomic mass is 10.2. The van der Waals surface area contributed by atoms with Crippen molar-refractivity contribution in [2.45, 2.75) is 6.92 Å². The zero-order chi connectivity index (χ0) is 10.8. The molecule has 0 amide bonds. The van der Waals surface area contributed by atoms with Crippen molar-refractivity contribution in [2.75, 3.05) is 5.73 Å². The fourth-order valence-corrected chi connectivity index (χ4v) is 1.31. The van der Waals surface area contributed by atoms with Crippen LogP contribution in [-0.4, -0.2) is 9.78 Å². The number of hydrogen-bond acceptors (Lipinski definition) is 3.